The molecule has 0 amide bonds. The van der Waals surface area contributed by atoms with Crippen molar-refractivity contribution in [2.24, 2.45) is 0 Å². The lowest BCUT2D eigenvalue weighted by molar-refractivity contribution is 0.0520. The van der Waals surface area contributed by atoms with Crippen LogP contribution in [0.3, 0.4) is 0 Å². The summed E-state index contributed by atoms with van der Waals surface area (Å²) in [6.07, 6.45) is 0. The van der Waals surface area contributed by atoms with Crippen LogP contribution < -0.4 is 5.32 Å². The first-order chi connectivity index (χ1) is 9.65. The average molecular weight is 295 g/mol. The first-order valence-corrected chi connectivity index (χ1v) is 7.15. The highest BCUT2D eigenvalue weighted by Crippen LogP contribution is 2.25. The zero-order chi connectivity index (χ0) is 14.5. The number of anilines is 1. The minimum Gasteiger partial charge on any atom is -0.461 e. The number of nitrogens with one attached hydrogen (secondary N) is 1. The summed E-state index contributed by atoms with van der Waals surface area (Å²) in [5.41, 5.74) is 0.932. The first kappa shape index (κ1) is 14.7. The van der Waals surface area contributed by atoms with Crippen LogP contribution >= 0.6 is 11.3 Å². The molecule has 0 atom stereocenters. The highest BCUT2D eigenvalue weighted by atomic mass is 32.1. The molecule has 0 aliphatic heterocycles. The summed E-state index contributed by atoms with van der Waals surface area (Å²) in [4.78, 5) is 22.7. The fraction of sp³-hybridized carbons (Fsp3) is 0.462. The van der Waals surface area contributed by atoms with E-state index < -0.39 is 5.97 Å². The Balaban J connectivity index is 2.38. The van der Waals surface area contributed by atoms with Crippen LogP contribution in [0.2, 0.25) is 0 Å². The Morgan fingerprint density at radius 2 is 2.25 bits per heavy atom. The molecule has 0 bridgehead atoms. The lowest BCUT2D eigenvalue weighted by Crippen LogP contribution is -2.16. The van der Waals surface area contributed by atoms with Crippen molar-refractivity contribution in [2.45, 2.75) is 13.8 Å². The maximum atomic E-state index is 12.0. The molecule has 0 aliphatic rings. The number of hydrogen-bond donors (Lipinski definition) is 1. The number of ether oxygens (including phenoxy) is 2. The summed E-state index contributed by atoms with van der Waals surface area (Å²) in [5.74, 6) is -0.0273. The standard InChI is InChI=1S/C13H17N3O3S/c1-4-19-13(17)10-11(14-5-6-18-3)16-12-9(15-10)7-8(2)20-12/h7H,4-6H2,1-3H3,(H,14,16). The molecule has 0 aromatic carbocycles. The molecule has 2 aromatic rings. The van der Waals surface area contributed by atoms with Crippen LogP contribution in [0.25, 0.3) is 10.3 Å². The van der Waals surface area contributed by atoms with Gasteiger partial charge in [0.05, 0.1) is 13.2 Å². The molecule has 0 radical (unpaired) electrons. The Kier molecular flexibility index (Phi) is 4.86. The third-order valence-corrected chi connectivity index (χ3v) is 3.49. The zero-order valence-electron chi connectivity index (χ0n) is 11.7. The molecule has 2 heterocycles. The highest BCUT2D eigenvalue weighted by molar-refractivity contribution is 7.18. The molecule has 7 heteroatoms. The number of fused-ring (bicyclic) bond motifs is 1. The van der Waals surface area contributed by atoms with E-state index in [1.807, 2.05) is 13.0 Å². The number of nitrogens with zero attached hydrogens (tertiary/aromatic N) is 2. The van der Waals surface area contributed by atoms with Gasteiger partial charge in [-0.15, -0.1) is 11.3 Å². The van der Waals surface area contributed by atoms with Crippen molar-refractivity contribution in [3.63, 3.8) is 0 Å². The summed E-state index contributed by atoms with van der Waals surface area (Å²) in [5, 5.41) is 3.06. The van der Waals surface area contributed by atoms with E-state index in [9.17, 15) is 4.79 Å². The first-order valence-electron chi connectivity index (χ1n) is 6.33. The van der Waals surface area contributed by atoms with E-state index in [2.05, 4.69) is 15.3 Å². The Morgan fingerprint density at radius 3 is 2.95 bits per heavy atom. The van der Waals surface area contributed by atoms with E-state index in [0.717, 1.165) is 9.71 Å². The van der Waals surface area contributed by atoms with Gasteiger partial charge in [0.1, 0.15) is 10.3 Å². The molecule has 0 spiro atoms. The van der Waals surface area contributed by atoms with Gasteiger partial charge in [0.15, 0.2) is 11.5 Å². The molecule has 2 rings (SSSR count). The fourth-order valence-corrected chi connectivity index (χ4v) is 2.53. The largest absolute Gasteiger partial charge is 0.461 e. The quantitative estimate of drug-likeness (QED) is 0.651. The maximum absolute atomic E-state index is 12.0. The van der Waals surface area contributed by atoms with Crippen LogP contribution in [0.15, 0.2) is 6.07 Å². The van der Waals surface area contributed by atoms with Crippen LogP contribution in [0.4, 0.5) is 5.82 Å². The van der Waals surface area contributed by atoms with Crippen molar-refractivity contribution in [3.05, 3.63) is 16.6 Å². The number of aryl methyl sites for hydroxylation is 1. The van der Waals surface area contributed by atoms with Gasteiger partial charge in [-0.3, -0.25) is 0 Å². The van der Waals surface area contributed by atoms with Crippen LogP contribution in [-0.2, 0) is 9.47 Å². The van der Waals surface area contributed by atoms with E-state index in [-0.39, 0.29) is 5.69 Å². The Labute approximate surface area is 121 Å². The predicted octanol–water partition coefficient (Wildman–Crippen LogP) is 2.23. The second kappa shape index (κ2) is 6.62. The van der Waals surface area contributed by atoms with Gasteiger partial charge < -0.3 is 14.8 Å². The van der Waals surface area contributed by atoms with E-state index in [1.165, 1.54) is 0 Å². The van der Waals surface area contributed by atoms with Crippen LogP contribution in [0.1, 0.15) is 22.3 Å². The summed E-state index contributed by atoms with van der Waals surface area (Å²) in [7, 11) is 1.62. The fourth-order valence-electron chi connectivity index (χ4n) is 1.71. The van der Waals surface area contributed by atoms with Gasteiger partial charge in [0.25, 0.3) is 0 Å². The van der Waals surface area contributed by atoms with Crippen molar-refractivity contribution in [3.8, 4) is 0 Å². The summed E-state index contributed by atoms with van der Waals surface area (Å²) < 4.78 is 10.0. The lowest BCUT2D eigenvalue weighted by atomic mass is 10.3. The van der Waals surface area contributed by atoms with E-state index in [4.69, 9.17) is 9.47 Å². The number of thiophene rings is 1. The molecule has 0 saturated carbocycles. The predicted molar refractivity (Wildman–Crippen MR) is 78.5 cm³/mol. The number of hydrogen-bond acceptors (Lipinski definition) is 7. The third kappa shape index (κ3) is 3.23. The number of carbonyl (C=O) groups is 1. The molecular formula is C13H17N3O3S. The van der Waals surface area contributed by atoms with Gasteiger partial charge in [0, 0.05) is 18.5 Å². The molecular weight excluding hydrogens is 278 g/mol. The number of aromatic nitrogens is 2. The monoisotopic (exact) mass is 295 g/mol. The molecule has 20 heavy (non-hydrogen) atoms. The molecule has 108 valence electrons. The number of esters is 1. The highest BCUT2D eigenvalue weighted by Gasteiger charge is 2.18. The lowest BCUT2D eigenvalue weighted by Gasteiger charge is -2.09. The smallest absolute Gasteiger partial charge is 0.360 e. The third-order valence-electron chi connectivity index (χ3n) is 2.55. The zero-order valence-corrected chi connectivity index (χ0v) is 12.5. The van der Waals surface area contributed by atoms with E-state index in [0.29, 0.717) is 31.1 Å². The Hall–Kier alpha value is -1.73. The van der Waals surface area contributed by atoms with Crippen LogP contribution in [0.5, 0.6) is 0 Å². The SMILES string of the molecule is CCOC(=O)c1nc2cc(C)sc2nc1NCCOC. The molecule has 0 fully saturated rings. The minimum atomic E-state index is -0.467. The van der Waals surface area contributed by atoms with Gasteiger partial charge in [-0.1, -0.05) is 0 Å². The van der Waals surface area contributed by atoms with Gasteiger partial charge in [-0.2, -0.15) is 0 Å². The summed E-state index contributed by atoms with van der Waals surface area (Å²) >= 11 is 1.54. The van der Waals surface area contributed by atoms with Gasteiger partial charge in [-0.05, 0) is 19.9 Å². The molecule has 0 saturated heterocycles. The van der Waals surface area contributed by atoms with Crippen molar-refractivity contribution in [1.82, 2.24) is 9.97 Å². The van der Waals surface area contributed by atoms with Crippen molar-refractivity contribution in [2.75, 3.05) is 32.2 Å². The van der Waals surface area contributed by atoms with E-state index in [1.54, 1.807) is 25.4 Å². The Bertz CT molecular complexity index is 612. The summed E-state index contributed by atoms with van der Waals surface area (Å²) in [6.45, 7) is 5.12. The number of carbonyl (C=O) groups excluding carboxylic acids is 1. The molecule has 1 N–H and O–H groups in total. The summed E-state index contributed by atoms with van der Waals surface area (Å²) in [6, 6.07) is 1.91. The molecule has 6 nitrogen and oxygen atoms in total. The van der Waals surface area contributed by atoms with Crippen LogP contribution in [-0.4, -0.2) is 42.8 Å². The van der Waals surface area contributed by atoms with Crippen molar-refractivity contribution < 1.29 is 14.3 Å². The topological polar surface area (TPSA) is 73.3 Å². The Morgan fingerprint density at radius 1 is 1.45 bits per heavy atom. The second-order valence-electron chi connectivity index (χ2n) is 4.11. The van der Waals surface area contributed by atoms with E-state index >= 15 is 0 Å². The van der Waals surface area contributed by atoms with Crippen LogP contribution in [0, 0.1) is 6.92 Å². The molecule has 2 aromatic heterocycles. The van der Waals surface area contributed by atoms with Crippen molar-refractivity contribution in [1.29, 1.82) is 0 Å². The second-order valence-corrected chi connectivity index (χ2v) is 5.34. The molecule has 0 aliphatic carbocycles. The number of rotatable bonds is 6. The normalized spacial score (nSPS) is 10.8. The van der Waals surface area contributed by atoms with Gasteiger partial charge >= 0.3 is 5.97 Å². The average Bonchev–Trinajstić information content (AvgIpc) is 2.77. The number of methoxy groups -OCH3 is 1. The molecule has 0 unspecified atom stereocenters. The minimum absolute atomic E-state index is 0.216. The van der Waals surface area contributed by atoms with Gasteiger partial charge in [0.2, 0.25) is 0 Å². The maximum Gasteiger partial charge on any atom is 0.360 e. The van der Waals surface area contributed by atoms with Crippen molar-refractivity contribution >= 4 is 33.5 Å². The van der Waals surface area contributed by atoms with Gasteiger partial charge in [-0.25, -0.2) is 14.8 Å².